The van der Waals surface area contributed by atoms with Crippen LogP contribution in [0.4, 0.5) is 0 Å². The Bertz CT molecular complexity index is 410. The van der Waals surface area contributed by atoms with Crippen LogP contribution in [0.15, 0.2) is 23.0 Å². The van der Waals surface area contributed by atoms with Crippen molar-refractivity contribution in [2.75, 3.05) is 13.1 Å². The van der Waals surface area contributed by atoms with Crippen LogP contribution in [0.2, 0.25) is 0 Å². The van der Waals surface area contributed by atoms with E-state index in [1.165, 1.54) is 12.1 Å². The number of hydrogen-bond acceptors (Lipinski definition) is 2. The van der Waals surface area contributed by atoms with Gasteiger partial charge in [0.2, 0.25) is 0 Å². The summed E-state index contributed by atoms with van der Waals surface area (Å²) in [6.45, 7) is 2.06. The van der Waals surface area contributed by atoms with Crippen molar-refractivity contribution in [2.45, 2.75) is 18.9 Å². The quantitative estimate of drug-likeness (QED) is 0.648. The van der Waals surface area contributed by atoms with Crippen molar-refractivity contribution in [3.05, 3.63) is 34.2 Å². The molecule has 2 atom stereocenters. The lowest BCUT2D eigenvalue weighted by Crippen LogP contribution is -2.46. The van der Waals surface area contributed by atoms with Crippen LogP contribution in [0.1, 0.15) is 18.2 Å². The number of pyridine rings is 1. The highest BCUT2D eigenvalue weighted by Crippen LogP contribution is 2.29. The molecule has 3 rings (SSSR count). The number of rotatable bonds is 0. The van der Waals surface area contributed by atoms with Crippen molar-refractivity contribution >= 4 is 0 Å². The van der Waals surface area contributed by atoms with E-state index in [0.29, 0.717) is 6.04 Å². The van der Waals surface area contributed by atoms with Gasteiger partial charge in [0, 0.05) is 24.3 Å². The van der Waals surface area contributed by atoms with Crippen LogP contribution in [0, 0.1) is 5.92 Å². The van der Waals surface area contributed by atoms with Gasteiger partial charge in [-0.25, -0.2) is 0 Å². The molecule has 2 aliphatic rings. The molecule has 3 heterocycles. The Morgan fingerprint density at radius 1 is 1.36 bits per heavy atom. The fourth-order valence-electron chi connectivity index (χ4n) is 2.78. The lowest BCUT2D eigenvalue weighted by molar-refractivity contribution is 0.239. The summed E-state index contributed by atoms with van der Waals surface area (Å²) in [5, 5.41) is 3.40. The van der Waals surface area contributed by atoms with E-state index in [-0.39, 0.29) is 5.56 Å². The Balaban J connectivity index is 2.15. The van der Waals surface area contributed by atoms with Crippen molar-refractivity contribution in [1.29, 1.82) is 0 Å². The molecule has 0 aromatic carbocycles. The standard InChI is InChI=1S/C11H14N2O/c14-11-3-1-2-9-4-8-5-10(13(9)11)7-12-6-8/h1-3,8,10,12H,4-7H2/t8-,10-/m0/s1. The number of aromatic nitrogens is 1. The van der Waals surface area contributed by atoms with Crippen molar-refractivity contribution in [1.82, 2.24) is 9.88 Å². The molecule has 0 spiro atoms. The molecule has 0 saturated carbocycles. The SMILES string of the molecule is O=c1cccc2n1[C@@H]1CNC[C@@H](C2)C1. The molecule has 1 N–H and O–H groups in total. The van der Waals surface area contributed by atoms with Crippen molar-refractivity contribution in [3.8, 4) is 0 Å². The normalized spacial score (nSPS) is 29.7. The third-order valence-electron chi connectivity index (χ3n) is 3.36. The summed E-state index contributed by atoms with van der Waals surface area (Å²) < 4.78 is 1.97. The second-order valence-corrected chi connectivity index (χ2v) is 4.34. The number of hydrogen-bond donors (Lipinski definition) is 1. The van der Waals surface area contributed by atoms with Gasteiger partial charge in [-0.3, -0.25) is 4.79 Å². The lowest BCUT2D eigenvalue weighted by Gasteiger charge is -2.37. The fraction of sp³-hybridized carbons (Fsp3) is 0.545. The van der Waals surface area contributed by atoms with Crippen LogP contribution >= 0.6 is 0 Å². The maximum absolute atomic E-state index is 11.7. The molecule has 3 heteroatoms. The lowest BCUT2D eigenvalue weighted by atomic mass is 9.87. The molecule has 0 radical (unpaired) electrons. The first-order valence-electron chi connectivity index (χ1n) is 5.26. The first kappa shape index (κ1) is 8.24. The molecular weight excluding hydrogens is 176 g/mol. The van der Waals surface area contributed by atoms with E-state index >= 15 is 0 Å². The smallest absolute Gasteiger partial charge is 0.251 e. The molecule has 1 fully saturated rings. The van der Waals surface area contributed by atoms with Gasteiger partial charge >= 0.3 is 0 Å². The third-order valence-corrected chi connectivity index (χ3v) is 3.36. The molecule has 2 bridgehead atoms. The molecule has 0 amide bonds. The van der Waals surface area contributed by atoms with Crippen molar-refractivity contribution < 1.29 is 0 Å². The van der Waals surface area contributed by atoms with E-state index in [2.05, 4.69) is 11.4 Å². The minimum atomic E-state index is 0.162. The van der Waals surface area contributed by atoms with Gasteiger partial charge in [-0.15, -0.1) is 0 Å². The maximum atomic E-state index is 11.7. The van der Waals surface area contributed by atoms with Gasteiger partial charge in [0.15, 0.2) is 0 Å². The summed E-state index contributed by atoms with van der Waals surface area (Å²) >= 11 is 0. The first-order chi connectivity index (χ1) is 6.84. The summed E-state index contributed by atoms with van der Waals surface area (Å²) in [4.78, 5) is 11.7. The van der Waals surface area contributed by atoms with Gasteiger partial charge in [0.05, 0.1) is 0 Å². The van der Waals surface area contributed by atoms with Crippen LogP contribution in [0.3, 0.4) is 0 Å². The summed E-state index contributed by atoms with van der Waals surface area (Å²) in [6, 6.07) is 6.03. The summed E-state index contributed by atoms with van der Waals surface area (Å²) in [5.74, 6) is 0.732. The zero-order valence-corrected chi connectivity index (χ0v) is 8.07. The van der Waals surface area contributed by atoms with E-state index in [9.17, 15) is 4.79 Å². The van der Waals surface area contributed by atoms with E-state index in [4.69, 9.17) is 0 Å². The monoisotopic (exact) mass is 190 g/mol. The summed E-state index contributed by atoms with van der Waals surface area (Å²) in [5.41, 5.74) is 1.38. The highest BCUT2D eigenvalue weighted by molar-refractivity contribution is 5.13. The molecule has 1 saturated heterocycles. The highest BCUT2D eigenvalue weighted by atomic mass is 16.1. The van der Waals surface area contributed by atoms with Gasteiger partial charge in [-0.1, -0.05) is 6.07 Å². The minimum Gasteiger partial charge on any atom is -0.314 e. The Hall–Kier alpha value is -1.09. The van der Waals surface area contributed by atoms with E-state index < -0.39 is 0 Å². The fourth-order valence-corrected chi connectivity index (χ4v) is 2.78. The molecular formula is C11H14N2O. The molecule has 14 heavy (non-hydrogen) atoms. The number of nitrogens with one attached hydrogen (secondary N) is 1. The van der Waals surface area contributed by atoms with Crippen LogP contribution in [-0.2, 0) is 6.42 Å². The Kier molecular flexibility index (Phi) is 1.74. The van der Waals surface area contributed by atoms with Gasteiger partial charge in [-0.2, -0.15) is 0 Å². The molecule has 74 valence electrons. The van der Waals surface area contributed by atoms with Gasteiger partial charge in [0.25, 0.3) is 5.56 Å². The molecule has 0 unspecified atom stereocenters. The predicted octanol–water partition coefficient (Wildman–Crippen LogP) is 0.555. The number of piperidine rings is 1. The van der Waals surface area contributed by atoms with Gasteiger partial charge < -0.3 is 9.88 Å². The summed E-state index contributed by atoms with van der Waals surface area (Å²) in [7, 11) is 0. The van der Waals surface area contributed by atoms with Gasteiger partial charge in [0.1, 0.15) is 0 Å². The molecule has 3 nitrogen and oxygen atoms in total. The maximum Gasteiger partial charge on any atom is 0.251 e. The molecule has 1 aromatic rings. The van der Waals surface area contributed by atoms with Crippen LogP contribution in [0.25, 0.3) is 0 Å². The van der Waals surface area contributed by atoms with Crippen LogP contribution in [-0.4, -0.2) is 17.7 Å². The summed E-state index contributed by atoms with van der Waals surface area (Å²) in [6.07, 6.45) is 2.23. The molecule has 0 aliphatic carbocycles. The van der Waals surface area contributed by atoms with Crippen LogP contribution in [0.5, 0.6) is 0 Å². The first-order valence-corrected chi connectivity index (χ1v) is 5.26. The second kappa shape index (κ2) is 2.95. The van der Waals surface area contributed by atoms with E-state index in [1.807, 2.05) is 10.6 Å². The highest BCUT2D eigenvalue weighted by Gasteiger charge is 2.29. The number of fused-ring (bicyclic) bond motifs is 4. The molecule has 2 aliphatic heterocycles. The number of nitrogens with zero attached hydrogens (tertiary/aromatic N) is 1. The topological polar surface area (TPSA) is 34.0 Å². The van der Waals surface area contributed by atoms with Crippen LogP contribution < -0.4 is 10.9 Å². The zero-order valence-electron chi connectivity index (χ0n) is 8.07. The average molecular weight is 190 g/mol. The second-order valence-electron chi connectivity index (χ2n) is 4.34. The van der Waals surface area contributed by atoms with E-state index in [0.717, 1.165) is 25.4 Å². The van der Waals surface area contributed by atoms with Crippen molar-refractivity contribution in [2.24, 2.45) is 5.92 Å². The minimum absolute atomic E-state index is 0.162. The zero-order chi connectivity index (χ0) is 9.54. The predicted molar refractivity (Wildman–Crippen MR) is 54.4 cm³/mol. The largest absolute Gasteiger partial charge is 0.314 e. The Morgan fingerprint density at radius 3 is 3.21 bits per heavy atom. The average Bonchev–Trinajstić information content (AvgIpc) is 2.17. The Labute approximate surface area is 82.8 Å². The van der Waals surface area contributed by atoms with Gasteiger partial charge in [-0.05, 0) is 31.4 Å². The molecule has 1 aromatic heterocycles. The van der Waals surface area contributed by atoms with E-state index in [1.54, 1.807) is 6.07 Å². The Morgan fingerprint density at radius 2 is 2.29 bits per heavy atom. The third kappa shape index (κ3) is 1.12. The van der Waals surface area contributed by atoms with Crippen molar-refractivity contribution in [3.63, 3.8) is 0 Å².